The summed E-state index contributed by atoms with van der Waals surface area (Å²) in [5, 5.41) is 3.59. The minimum atomic E-state index is -0.170. The molecule has 4 nitrogen and oxygen atoms in total. The number of aromatic nitrogens is 2. The van der Waals surface area contributed by atoms with Crippen molar-refractivity contribution in [1.29, 1.82) is 0 Å². The SMILES string of the molecule is O=C(NCCSc1ccc(Cl)cc1)c1cnc(-c2ccccc2)nc1. The molecule has 0 spiro atoms. The quantitative estimate of drug-likeness (QED) is 0.519. The first-order valence-electron chi connectivity index (χ1n) is 7.76. The van der Waals surface area contributed by atoms with E-state index in [1.807, 2.05) is 54.6 Å². The van der Waals surface area contributed by atoms with Crippen molar-refractivity contribution >= 4 is 29.3 Å². The molecule has 0 bridgehead atoms. The summed E-state index contributed by atoms with van der Waals surface area (Å²) in [6, 6.07) is 17.3. The highest BCUT2D eigenvalue weighted by atomic mass is 35.5. The zero-order chi connectivity index (χ0) is 17.5. The van der Waals surface area contributed by atoms with Gasteiger partial charge >= 0.3 is 0 Å². The Hall–Kier alpha value is -2.37. The van der Waals surface area contributed by atoms with Gasteiger partial charge in [0.2, 0.25) is 0 Å². The number of nitrogens with one attached hydrogen (secondary N) is 1. The van der Waals surface area contributed by atoms with E-state index in [9.17, 15) is 4.79 Å². The molecule has 25 heavy (non-hydrogen) atoms. The van der Waals surface area contributed by atoms with Crippen LogP contribution < -0.4 is 5.32 Å². The largest absolute Gasteiger partial charge is 0.351 e. The van der Waals surface area contributed by atoms with Gasteiger partial charge in [0.25, 0.3) is 5.91 Å². The first-order valence-corrected chi connectivity index (χ1v) is 9.13. The van der Waals surface area contributed by atoms with Gasteiger partial charge in [0, 0.05) is 40.2 Å². The average molecular weight is 370 g/mol. The number of carbonyl (C=O) groups is 1. The number of halogens is 1. The van der Waals surface area contributed by atoms with Crippen LogP contribution in [0.2, 0.25) is 5.02 Å². The summed E-state index contributed by atoms with van der Waals surface area (Å²) in [6.07, 6.45) is 3.11. The van der Waals surface area contributed by atoms with Crippen molar-refractivity contribution < 1.29 is 4.79 Å². The minimum absolute atomic E-state index is 0.170. The highest BCUT2D eigenvalue weighted by Gasteiger charge is 2.07. The second-order valence-corrected chi connectivity index (χ2v) is 6.82. The monoisotopic (exact) mass is 369 g/mol. The van der Waals surface area contributed by atoms with Gasteiger partial charge in [0.05, 0.1) is 5.56 Å². The summed E-state index contributed by atoms with van der Waals surface area (Å²) < 4.78 is 0. The van der Waals surface area contributed by atoms with Gasteiger partial charge in [0.15, 0.2) is 5.82 Å². The maximum atomic E-state index is 12.1. The van der Waals surface area contributed by atoms with Crippen LogP contribution in [-0.2, 0) is 0 Å². The van der Waals surface area contributed by atoms with Crippen molar-refractivity contribution in [2.45, 2.75) is 4.90 Å². The molecule has 2 aromatic carbocycles. The van der Waals surface area contributed by atoms with Crippen LogP contribution >= 0.6 is 23.4 Å². The van der Waals surface area contributed by atoms with E-state index in [-0.39, 0.29) is 5.91 Å². The third kappa shape index (κ3) is 5.05. The molecule has 0 radical (unpaired) electrons. The van der Waals surface area contributed by atoms with Gasteiger partial charge in [-0.2, -0.15) is 0 Å². The Morgan fingerprint density at radius 1 is 1.00 bits per heavy atom. The number of benzene rings is 2. The molecule has 0 aliphatic carbocycles. The lowest BCUT2D eigenvalue weighted by Crippen LogP contribution is -2.26. The van der Waals surface area contributed by atoms with E-state index >= 15 is 0 Å². The van der Waals surface area contributed by atoms with E-state index in [0.29, 0.717) is 17.9 Å². The highest BCUT2D eigenvalue weighted by molar-refractivity contribution is 7.99. The maximum Gasteiger partial charge on any atom is 0.254 e. The van der Waals surface area contributed by atoms with Crippen LogP contribution in [0.15, 0.2) is 71.9 Å². The molecule has 0 saturated heterocycles. The molecule has 0 fully saturated rings. The lowest BCUT2D eigenvalue weighted by atomic mass is 10.2. The number of nitrogens with zero attached hydrogens (tertiary/aromatic N) is 2. The van der Waals surface area contributed by atoms with Gasteiger partial charge in [-0.1, -0.05) is 41.9 Å². The Kier molecular flexibility index (Phi) is 6.04. The fourth-order valence-corrected chi connectivity index (χ4v) is 3.04. The molecule has 0 unspecified atom stereocenters. The summed E-state index contributed by atoms with van der Waals surface area (Å²) in [5.41, 5.74) is 1.38. The first-order chi connectivity index (χ1) is 12.2. The van der Waals surface area contributed by atoms with Crippen LogP contribution in [0.25, 0.3) is 11.4 Å². The lowest BCUT2D eigenvalue weighted by molar-refractivity contribution is 0.0955. The standard InChI is InChI=1S/C19H16ClN3OS/c20-16-6-8-17(9-7-16)25-11-10-21-19(24)15-12-22-18(23-13-15)14-4-2-1-3-5-14/h1-9,12-13H,10-11H2,(H,21,24). The van der Waals surface area contributed by atoms with E-state index < -0.39 is 0 Å². The molecule has 0 atom stereocenters. The summed E-state index contributed by atoms with van der Waals surface area (Å²) in [7, 11) is 0. The number of carbonyl (C=O) groups excluding carboxylic acids is 1. The fraction of sp³-hybridized carbons (Fsp3) is 0.105. The van der Waals surface area contributed by atoms with Crippen molar-refractivity contribution in [3.63, 3.8) is 0 Å². The van der Waals surface area contributed by atoms with Crippen molar-refractivity contribution in [3.05, 3.63) is 77.6 Å². The number of rotatable bonds is 6. The van der Waals surface area contributed by atoms with Gasteiger partial charge in [-0.25, -0.2) is 9.97 Å². The van der Waals surface area contributed by atoms with Gasteiger partial charge in [-0.15, -0.1) is 11.8 Å². The molecule has 1 heterocycles. The summed E-state index contributed by atoms with van der Waals surface area (Å²) >= 11 is 7.52. The molecular formula is C19H16ClN3OS. The fourth-order valence-electron chi connectivity index (χ4n) is 2.15. The zero-order valence-electron chi connectivity index (χ0n) is 13.4. The third-order valence-electron chi connectivity index (χ3n) is 3.42. The Bertz CT molecular complexity index is 824. The molecule has 1 N–H and O–H groups in total. The Balaban J connectivity index is 1.49. The smallest absolute Gasteiger partial charge is 0.254 e. The number of hydrogen-bond donors (Lipinski definition) is 1. The van der Waals surface area contributed by atoms with E-state index in [1.165, 1.54) is 0 Å². The van der Waals surface area contributed by atoms with E-state index in [0.717, 1.165) is 21.2 Å². The Morgan fingerprint density at radius 3 is 2.36 bits per heavy atom. The summed E-state index contributed by atoms with van der Waals surface area (Å²) in [6.45, 7) is 0.562. The third-order valence-corrected chi connectivity index (χ3v) is 4.68. The molecule has 126 valence electrons. The summed E-state index contributed by atoms with van der Waals surface area (Å²) in [5.74, 6) is 1.21. The molecule has 6 heteroatoms. The van der Waals surface area contributed by atoms with E-state index in [1.54, 1.807) is 24.2 Å². The number of thioether (sulfide) groups is 1. The van der Waals surface area contributed by atoms with Gasteiger partial charge in [-0.05, 0) is 24.3 Å². The van der Waals surface area contributed by atoms with Crippen LogP contribution in [0.1, 0.15) is 10.4 Å². The number of amides is 1. The van der Waals surface area contributed by atoms with Gasteiger partial charge in [0.1, 0.15) is 0 Å². The lowest BCUT2D eigenvalue weighted by Gasteiger charge is -2.06. The van der Waals surface area contributed by atoms with Crippen molar-refractivity contribution in [1.82, 2.24) is 15.3 Å². The van der Waals surface area contributed by atoms with Crippen LogP contribution in [0, 0.1) is 0 Å². The first kappa shape index (κ1) is 17.5. The van der Waals surface area contributed by atoms with Gasteiger partial charge < -0.3 is 5.32 Å². The predicted octanol–water partition coefficient (Wildman–Crippen LogP) is 4.32. The molecule has 0 aliphatic heterocycles. The second-order valence-electron chi connectivity index (χ2n) is 5.22. The second kappa shape index (κ2) is 8.65. The minimum Gasteiger partial charge on any atom is -0.351 e. The van der Waals surface area contributed by atoms with E-state index in [4.69, 9.17) is 11.6 Å². The average Bonchev–Trinajstić information content (AvgIpc) is 2.67. The van der Waals surface area contributed by atoms with Crippen molar-refractivity contribution in [3.8, 4) is 11.4 Å². The molecule has 3 rings (SSSR count). The van der Waals surface area contributed by atoms with Crippen LogP contribution in [0.4, 0.5) is 0 Å². The predicted molar refractivity (Wildman–Crippen MR) is 102 cm³/mol. The van der Waals surface area contributed by atoms with Crippen LogP contribution in [0.5, 0.6) is 0 Å². The van der Waals surface area contributed by atoms with Crippen LogP contribution in [0.3, 0.4) is 0 Å². The number of hydrogen-bond acceptors (Lipinski definition) is 4. The highest BCUT2D eigenvalue weighted by Crippen LogP contribution is 2.19. The molecule has 1 aromatic heterocycles. The normalized spacial score (nSPS) is 10.4. The van der Waals surface area contributed by atoms with Gasteiger partial charge in [-0.3, -0.25) is 4.79 Å². The van der Waals surface area contributed by atoms with Crippen LogP contribution in [-0.4, -0.2) is 28.2 Å². The Labute approximate surface area is 155 Å². The van der Waals surface area contributed by atoms with E-state index in [2.05, 4.69) is 15.3 Å². The van der Waals surface area contributed by atoms with Crippen molar-refractivity contribution in [2.75, 3.05) is 12.3 Å². The molecular weight excluding hydrogens is 354 g/mol. The Morgan fingerprint density at radius 2 is 1.68 bits per heavy atom. The molecule has 3 aromatic rings. The topological polar surface area (TPSA) is 54.9 Å². The maximum absolute atomic E-state index is 12.1. The molecule has 0 aliphatic rings. The molecule has 1 amide bonds. The summed E-state index contributed by atoms with van der Waals surface area (Å²) in [4.78, 5) is 21.8. The molecule has 0 saturated carbocycles. The van der Waals surface area contributed by atoms with Crippen molar-refractivity contribution in [2.24, 2.45) is 0 Å². The zero-order valence-corrected chi connectivity index (χ0v) is 14.9.